The van der Waals surface area contributed by atoms with Crippen molar-refractivity contribution in [3.05, 3.63) is 62.0 Å². The lowest BCUT2D eigenvalue weighted by molar-refractivity contribution is 0.337. The van der Waals surface area contributed by atoms with Gasteiger partial charge in [0.1, 0.15) is 0 Å². The van der Waals surface area contributed by atoms with E-state index < -0.39 is 0 Å². The molecule has 1 atom stereocenters. The van der Waals surface area contributed by atoms with Gasteiger partial charge in [0.25, 0.3) is 0 Å². The maximum absolute atomic E-state index is 6.18. The predicted molar refractivity (Wildman–Crippen MR) is 94.5 cm³/mol. The first-order valence-corrected chi connectivity index (χ1v) is 8.42. The van der Waals surface area contributed by atoms with Gasteiger partial charge in [-0.2, -0.15) is 0 Å². The van der Waals surface area contributed by atoms with Crippen molar-refractivity contribution in [2.24, 2.45) is 5.41 Å². The summed E-state index contributed by atoms with van der Waals surface area (Å²) in [5.74, 6) is 0. The van der Waals surface area contributed by atoms with E-state index in [0.717, 1.165) is 26.6 Å². The number of fused-ring (bicyclic) bond motifs is 1. The van der Waals surface area contributed by atoms with E-state index in [4.69, 9.17) is 23.2 Å². The molecule has 110 valence electrons. The molecule has 0 spiro atoms. The molecular weight excluding hydrogens is 369 g/mol. The highest BCUT2D eigenvalue weighted by atomic mass is 79.9. The zero-order valence-electron chi connectivity index (χ0n) is 11.9. The summed E-state index contributed by atoms with van der Waals surface area (Å²) >= 11 is 15.7. The fourth-order valence-electron chi connectivity index (χ4n) is 3.04. The number of hydrogen-bond acceptors (Lipinski definition) is 1. The maximum Gasteiger partial charge on any atom is 0.0571 e. The maximum atomic E-state index is 6.18. The average molecular weight is 385 g/mol. The van der Waals surface area contributed by atoms with Crippen molar-refractivity contribution >= 4 is 44.8 Å². The predicted octanol–water partition coefficient (Wildman–Crippen LogP) is 6.49. The first kappa shape index (κ1) is 15.2. The molecule has 2 aromatic carbocycles. The third-order valence-corrected chi connectivity index (χ3v) is 5.53. The molecule has 2 aromatic rings. The molecule has 1 aliphatic rings. The molecule has 0 heterocycles. The van der Waals surface area contributed by atoms with Crippen LogP contribution in [-0.4, -0.2) is 0 Å². The Morgan fingerprint density at radius 2 is 1.90 bits per heavy atom. The van der Waals surface area contributed by atoms with Crippen molar-refractivity contribution in [1.82, 2.24) is 0 Å². The molecule has 3 rings (SSSR count). The van der Waals surface area contributed by atoms with Crippen molar-refractivity contribution in [2.45, 2.75) is 26.3 Å². The van der Waals surface area contributed by atoms with Crippen LogP contribution < -0.4 is 5.32 Å². The molecule has 0 saturated carbocycles. The van der Waals surface area contributed by atoms with E-state index >= 15 is 0 Å². The van der Waals surface area contributed by atoms with Gasteiger partial charge >= 0.3 is 0 Å². The highest BCUT2D eigenvalue weighted by Gasteiger charge is 2.39. The van der Waals surface area contributed by atoms with Crippen LogP contribution in [0, 0.1) is 5.41 Å². The third-order valence-electron chi connectivity index (χ3n) is 4.08. The summed E-state index contributed by atoms with van der Waals surface area (Å²) < 4.78 is 0.899. The fraction of sp³-hybridized carbons (Fsp3) is 0.294. The van der Waals surface area contributed by atoms with Crippen molar-refractivity contribution in [2.75, 3.05) is 5.32 Å². The molecular formula is C17H16BrCl2N. The van der Waals surface area contributed by atoms with Crippen LogP contribution in [0.2, 0.25) is 10.0 Å². The summed E-state index contributed by atoms with van der Waals surface area (Å²) in [7, 11) is 0. The molecule has 21 heavy (non-hydrogen) atoms. The molecule has 0 saturated heterocycles. The Morgan fingerprint density at radius 3 is 2.62 bits per heavy atom. The van der Waals surface area contributed by atoms with E-state index in [0.29, 0.717) is 0 Å². The highest BCUT2D eigenvalue weighted by Crippen LogP contribution is 2.47. The van der Waals surface area contributed by atoms with Crippen molar-refractivity contribution in [3.63, 3.8) is 0 Å². The molecule has 0 amide bonds. The largest absolute Gasteiger partial charge is 0.378 e. The van der Waals surface area contributed by atoms with Gasteiger partial charge in [0.2, 0.25) is 0 Å². The Balaban J connectivity index is 1.97. The SMILES string of the molecule is CC1(C)Cc2ccc(Cl)cc2C1Nc1ccc(Cl)c(Br)c1. The minimum Gasteiger partial charge on any atom is -0.378 e. The zero-order valence-corrected chi connectivity index (χ0v) is 15.0. The molecule has 1 aliphatic carbocycles. The number of halogens is 3. The summed E-state index contributed by atoms with van der Waals surface area (Å²) in [5.41, 5.74) is 3.85. The smallest absolute Gasteiger partial charge is 0.0571 e. The van der Waals surface area contributed by atoms with Crippen LogP contribution in [0.1, 0.15) is 31.0 Å². The number of nitrogens with one attached hydrogen (secondary N) is 1. The van der Waals surface area contributed by atoms with E-state index in [9.17, 15) is 0 Å². The molecule has 0 aromatic heterocycles. The van der Waals surface area contributed by atoms with E-state index in [1.54, 1.807) is 0 Å². The number of rotatable bonds is 2. The van der Waals surface area contributed by atoms with Crippen molar-refractivity contribution in [3.8, 4) is 0 Å². The summed E-state index contributed by atoms with van der Waals surface area (Å²) in [5, 5.41) is 5.14. The van der Waals surface area contributed by atoms with Gasteiger partial charge in [-0.15, -0.1) is 0 Å². The van der Waals surface area contributed by atoms with Crippen LogP contribution in [0.4, 0.5) is 5.69 Å². The second kappa shape index (κ2) is 5.49. The Morgan fingerprint density at radius 1 is 1.14 bits per heavy atom. The molecule has 0 radical (unpaired) electrons. The van der Waals surface area contributed by atoms with Crippen LogP contribution in [0.15, 0.2) is 40.9 Å². The zero-order chi connectivity index (χ0) is 15.2. The average Bonchev–Trinajstić information content (AvgIpc) is 2.65. The van der Waals surface area contributed by atoms with E-state index in [1.807, 2.05) is 24.3 Å². The van der Waals surface area contributed by atoms with Gasteiger partial charge < -0.3 is 5.32 Å². The van der Waals surface area contributed by atoms with Crippen molar-refractivity contribution in [1.29, 1.82) is 0 Å². The quantitative estimate of drug-likeness (QED) is 0.623. The van der Waals surface area contributed by atoms with Crippen LogP contribution in [0.25, 0.3) is 0 Å². The van der Waals surface area contributed by atoms with Crippen molar-refractivity contribution < 1.29 is 0 Å². The van der Waals surface area contributed by atoms with Crippen LogP contribution in [0.3, 0.4) is 0 Å². The van der Waals surface area contributed by atoms with Gasteiger partial charge in [-0.1, -0.05) is 43.1 Å². The van der Waals surface area contributed by atoms with Gasteiger partial charge in [0.05, 0.1) is 11.1 Å². The Kier molecular flexibility index (Phi) is 3.98. The summed E-state index contributed by atoms with van der Waals surface area (Å²) in [6.45, 7) is 4.56. The van der Waals surface area contributed by atoms with Gasteiger partial charge in [-0.25, -0.2) is 0 Å². The normalized spacial score (nSPS) is 19.4. The number of benzene rings is 2. The van der Waals surface area contributed by atoms with Crippen LogP contribution in [-0.2, 0) is 6.42 Å². The molecule has 0 aliphatic heterocycles. The Bertz CT molecular complexity index is 697. The first-order chi connectivity index (χ1) is 9.87. The minimum absolute atomic E-state index is 0.138. The summed E-state index contributed by atoms with van der Waals surface area (Å²) in [4.78, 5) is 0. The first-order valence-electron chi connectivity index (χ1n) is 6.87. The number of anilines is 1. The molecule has 0 bridgehead atoms. The third kappa shape index (κ3) is 2.94. The fourth-order valence-corrected chi connectivity index (χ4v) is 3.71. The molecule has 1 nitrogen and oxygen atoms in total. The molecule has 4 heteroatoms. The lowest BCUT2D eigenvalue weighted by Gasteiger charge is -2.29. The highest BCUT2D eigenvalue weighted by molar-refractivity contribution is 9.10. The number of hydrogen-bond donors (Lipinski definition) is 1. The molecule has 0 fully saturated rings. The van der Waals surface area contributed by atoms with Gasteiger partial charge in [-0.3, -0.25) is 0 Å². The molecule has 1 unspecified atom stereocenters. The van der Waals surface area contributed by atoms with Gasteiger partial charge in [0, 0.05) is 15.2 Å². The van der Waals surface area contributed by atoms with Gasteiger partial charge in [0.15, 0.2) is 0 Å². The standard InChI is InChI=1S/C17H16BrCl2N/c1-17(2)9-10-3-4-11(19)7-13(10)16(17)21-12-5-6-15(20)14(18)8-12/h3-8,16,21H,9H2,1-2H3. The van der Waals surface area contributed by atoms with Crippen LogP contribution >= 0.6 is 39.1 Å². The van der Waals surface area contributed by atoms with E-state index in [2.05, 4.69) is 47.2 Å². The topological polar surface area (TPSA) is 12.0 Å². The van der Waals surface area contributed by atoms with E-state index in [1.165, 1.54) is 11.1 Å². The Labute approximate surface area is 143 Å². The lowest BCUT2D eigenvalue weighted by Crippen LogP contribution is -2.24. The summed E-state index contributed by atoms with van der Waals surface area (Å²) in [6, 6.07) is 12.3. The lowest BCUT2D eigenvalue weighted by atomic mass is 9.85. The van der Waals surface area contributed by atoms with Gasteiger partial charge in [-0.05, 0) is 69.2 Å². The second-order valence-electron chi connectivity index (χ2n) is 6.21. The minimum atomic E-state index is 0.138. The van der Waals surface area contributed by atoms with Crippen LogP contribution in [0.5, 0.6) is 0 Å². The summed E-state index contributed by atoms with van der Waals surface area (Å²) in [6.07, 6.45) is 1.05. The second-order valence-corrected chi connectivity index (χ2v) is 7.91. The van der Waals surface area contributed by atoms with E-state index in [-0.39, 0.29) is 11.5 Å². The monoisotopic (exact) mass is 383 g/mol. The molecule has 1 N–H and O–H groups in total. The Hall–Kier alpha value is -0.700.